The zero-order valence-electron chi connectivity index (χ0n) is 15.6. The average Bonchev–Trinajstić information content (AvgIpc) is 3.17. The SMILES string of the molecule is CCN(CC)CCCN1C(=O)CCSC1c1cnc(-c2ccccc2)[nH]1. The van der Waals surface area contributed by atoms with Crippen LogP contribution >= 0.6 is 11.8 Å². The van der Waals surface area contributed by atoms with Gasteiger partial charge in [-0.25, -0.2) is 4.98 Å². The fourth-order valence-corrected chi connectivity index (χ4v) is 4.55. The molecule has 140 valence electrons. The van der Waals surface area contributed by atoms with E-state index in [0.717, 1.165) is 55.4 Å². The molecule has 1 aliphatic heterocycles. The number of rotatable bonds is 8. The van der Waals surface area contributed by atoms with Crippen LogP contribution in [0, 0.1) is 0 Å². The van der Waals surface area contributed by atoms with Crippen molar-refractivity contribution >= 4 is 17.7 Å². The minimum Gasteiger partial charge on any atom is -0.339 e. The lowest BCUT2D eigenvalue weighted by Gasteiger charge is -2.35. The van der Waals surface area contributed by atoms with E-state index in [2.05, 4.69) is 28.7 Å². The molecule has 1 N–H and O–H groups in total. The van der Waals surface area contributed by atoms with Gasteiger partial charge in [0.1, 0.15) is 11.2 Å². The summed E-state index contributed by atoms with van der Waals surface area (Å²) in [5.74, 6) is 1.99. The second-order valence-electron chi connectivity index (χ2n) is 6.49. The summed E-state index contributed by atoms with van der Waals surface area (Å²) in [5, 5.41) is 0.0397. The van der Waals surface area contributed by atoms with Gasteiger partial charge < -0.3 is 14.8 Å². The van der Waals surface area contributed by atoms with Crippen LogP contribution in [0.4, 0.5) is 0 Å². The largest absolute Gasteiger partial charge is 0.339 e. The molecular weight excluding hydrogens is 344 g/mol. The molecule has 1 saturated heterocycles. The Hall–Kier alpha value is -1.79. The summed E-state index contributed by atoms with van der Waals surface area (Å²) in [6.07, 6.45) is 3.52. The molecule has 2 aromatic rings. The Kier molecular flexibility index (Phi) is 6.74. The van der Waals surface area contributed by atoms with E-state index in [1.165, 1.54) is 0 Å². The van der Waals surface area contributed by atoms with Crippen LogP contribution in [-0.4, -0.2) is 57.6 Å². The van der Waals surface area contributed by atoms with Crippen LogP contribution in [0.3, 0.4) is 0 Å². The van der Waals surface area contributed by atoms with E-state index in [0.29, 0.717) is 6.42 Å². The number of imidazole rings is 1. The molecule has 26 heavy (non-hydrogen) atoms. The molecular formula is C20H28N4OS. The maximum absolute atomic E-state index is 12.5. The molecule has 0 aliphatic carbocycles. The molecule has 1 aromatic carbocycles. The summed E-state index contributed by atoms with van der Waals surface area (Å²) in [6.45, 7) is 8.32. The molecule has 0 spiro atoms. The van der Waals surface area contributed by atoms with Gasteiger partial charge in [0.25, 0.3) is 0 Å². The Labute approximate surface area is 160 Å². The van der Waals surface area contributed by atoms with Crippen molar-refractivity contribution in [3.63, 3.8) is 0 Å². The first-order valence-corrected chi connectivity index (χ1v) is 10.5. The highest BCUT2D eigenvalue weighted by Crippen LogP contribution is 2.37. The van der Waals surface area contributed by atoms with Crippen molar-refractivity contribution in [2.75, 3.05) is 31.9 Å². The molecule has 1 aliphatic rings. The predicted octanol–water partition coefficient (Wildman–Crippen LogP) is 3.77. The predicted molar refractivity (Wildman–Crippen MR) is 108 cm³/mol. The van der Waals surface area contributed by atoms with Gasteiger partial charge in [-0.15, -0.1) is 11.8 Å². The molecule has 3 rings (SSSR count). The minimum atomic E-state index is 0.0397. The van der Waals surface area contributed by atoms with E-state index in [4.69, 9.17) is 0 Å². The molecule has 6 heteroatoms. The third kappa shape index (κ3) is 4.48. The van der Waals surface area contributed by atoms with Crippen LogP contribution in [-0.2, 0) is 4.79 Å². The minimum absolute atomic E-state index is 0.0397. The van der Waals surface area contributed by atoms with Crippen molar-refractivity contribution in [1.82, 2.24) is 19.8 Å². The summed E-state index contributed by atoms with van der Waals surface area (Å²) in [4.78, 5) is 24.9. The van der Waals surface area contributed by atoms with Gasteiger partial charge in [-0.1, -0.05) is 44.2 Å². The Morgan fingerprint density at radius 3 is 2.77 bits per heavy atom. The van der Waals surface area contributed by atoms with Crippen LogP contribution in [0.2, 0.25) is 0 Å². The lowest BCUT2D eigenvalue weighted by Crippen LogP contribution is -2.39. The zero-order valence-corrected chi connectivity index (χ0v) is 16.5. The Bertz CT molecular complexity index is 699. The second kappa shape index (κ2) is 9.24. The molecule has 0 saturated carbocycles. The van der Waals surface area contributed by atoms with Crippen molar-refractivity contribution < 1.29 is 4.79 Å². The first kappa shape index (κ1) is 19.0. The number of aromatic amines is 1. The quantitative estimate of drug-likeness (QED) is 0.766. The number of hydrogen-bond donors (Lipinski definition) is 1. The van der Waals surface area contributed by atoms with Crippen molar-refractivity contribution in [3.05, 3.63) is 42.2 Å². The molecule has 1 fully saturated rings. The Morgan fingerprint density at radius 1 is 1.27 bits per heavy atom. The highest BCUT2D eigenvalue weighted by Gasteiger charge is 2.30. The van der Waals surface area contributed by atoms with Gasteiger partial charge in [0.05, 0.1) is 11.9 Å². The molecule has 5 nitrogen and oxygen atoms in total. The molecule has 1 atom stereocenters. The van der Waals surface area contributed by atoms with Crippen LogP contribution in [0.15, 0.2) is 36.5 Å². The van der Waals surface area contributed by atoms with Gasteiger partial charge in [0, 0.05) is 24.3 Å². The molecule has 0 bridgehead atoms. The lowest BCUT2D eigenvalue weighted by molar-refractivity contribution is -0.132. The summed E-state index contributed by atoms with van der Waals surface area (Å²) in [7, 11) is 0. The van der Waals surface area contributed by atoms with E-state index in [1.54, 1.807) is 0 Å². The summed E-state index contributed by atoms with van der Waals surface area (Å²) in [5.41, 5.74) is 2.09. The smallest absolute Gasteiger partial charge is 0.224 e. The second-order valence-corrected chi connectivity index (χ2v) is 7.68. The maximum Gasteiger partial charge on any atom is 0.224 e. The fraction of sp³-hybridized carbons (Fsp3) is 0.500. The van der Waals surface area contributed by atoms with Gasteiger partial charge >= 0.3 is 0 Å². The summed E-state index contributed by atoms with van der Waals surface area (Å²) < 4.78 is 0. The van der Waals surface area contributed by atoms with Crippen molar-refractivity contribution in [3.8, 4) is 11.4 Å². The van der Waals surface area contributed by atoms with E-state index >= 15 is 0 Å². The Morgan fingerprint density at radius 2 is 2.04 bits per heavy atom. The number of thioether (sulfide) groups is 1. The van der Waals surface area contributed by atoms with Crippen LogP contribution < -0.4 is 0 Å². The topological polar surface area (TPSA) is 52.2 Å². The maximum atomic E-state index is 12.5. The van der Waals surface area contributed by atoms with E-state index in [-0.39, 0.29) is 11.3 Å². The first-order chi connectivity index (χ1) is 12.7. The number of carbonyl (C=O) groups is 1. The molecule has 1 aromatic heterocycles. The number of amides is 1. The lowest BCUT2D eigenvalue weighted by atomic mass is 10.2. The number of nitrogens with one attached hydrogen (secondary N) is 1. The van der Waals surface area contributed by atoms with Crippen molar-refractivity contribution in [1.29, 1.82) is 0 Å². The summed E-state index contributed by atoms with van der Waals surface area (Å²) >= 11 is 1.83. The number of aromatic nitrogens is 2. The van der Waals surface area contributed by atoms with Gasteiger partial charge in [-0.05, 0) is 26.1 Å². The molecule has 1 amide bonds. The number of nitrogens with zero attached hydrogens (tertiary/aromatic N) is 3. The monoisotopic (exact) mass is 372 g/mol. The molecule has 1 unspecified atom stereocenters. The van der Waals surface area contributed by atoms with Gasteiger partial charge in [0.15, 0.2) is 0 Å². The molecule has 0 radical (unpaired) electrons. The highest BCUT2D eigenvalue weighted by atomic mass is 32.2. The van der Waals surface area contributed by atoms with Gasteiger partial charge in [-0.2, -0.15) is 0 Å². The van der Waals surface area contributed by atoms with Crippen molar-refractivity contribution in [2.24, 2.45) is 0 Å². The first-order valence-electron chi connectivity index (χ1n) is 9.46. The zero-order chi connectivity index (χ0) is 18.4. The Balaban J connectivity index is 1.70. The van der Waals surface area contributed by atoms with Crippen LogP contribution in [0.1, 0.15) is 37.8 Å². The number of benzene rings is 1. The van der Waals surface area contributed by atoms with Gasteiger partial charge in [0.2, 0.25) is 5.91 Å². The van der Waals surface area contributed by atoms with E-state index in [9.17, 15) is 4.79 Å². The van der Waals surface area contributed by atoms with Gasteiger partial charge in [-0.3, -0.25) is 4.79 Å². The fourth-order valence-electron chi connectivity index (χ4n) is 3.33. The normalized spacial score (nSPS) is 17.9. The third-order valence-corrected chi connectivity index (χ3v) is 6.14. The number of H-pyrrole nitrogens is 1. The van der Waals surface area contributed by atoms with E-state index < -0.39 is 0 Å². The summed E-state index contributed by atoms with van der Waals surface area (Å²) in [6, 6.07) is 10.1. The highest BCUT2D eigenvalue weighted by molar-refractivity contribution is 7.99. The number of carbonyl (C=O) groups excluding carboxylic acids is 1. The average molecular weight is 373 g/mol. The van der Waals surface area contributed by atoms with Crippen molar-refractivity contribution in [2.45, 2.75) is 32.1 Å². The standard InChI is InChI=1S/C20H28N4OS/c1-3-23(4-2)12-8-13-24-18(25)11-14-26-20(24)17-15-21-19(22-17)16-9-6-5-7-10-16/h5-7,9-10,15,20H,3-4,8,11-14H2,1-2H3,(H,21,22). The van der Waals surface area contributed by atoms with Crippen LogP contribution in [0.5, 0.6) is 0 Å². The van der Waals surface area contributed by atoms with E-state index in [1.807, 2.05) is 53.2 Å². The van der Waals surface area contributed by atoms with Crippen LogP contribution in [0.25, 0.3) is 11.4 Å². The number of hydrogen-bond acceptors (Lipinski definition) is 4. The molecule has 2 heterocycles. The third-order valence-electron chi connectivity index (χ3n) is 4.87.